The van der Waals surface area contributed by atoms with E-state index in [1.807, 2.05) is 0 Å². The third-order valence-corrected chi connectivity index (χ3v) is 3.20. The molecule has 2 heteroatoms. The van der Waals surface area contributed by atoms with Gasteiger partial charge in [0, 0.05) is 19.1 Å². The zero-order valence-electron chi connectivity index (χ0n) is 10.00. The van der Waals surface area contributed by atoms with E-state index in [2.05, 4.69) is 25.8 Å². The molecule has 2 N–H and O–H groups in total. The van der Waals surface area contributed by atoms with Crippen molar-refractivity contribution in [1.82, 2.24) is 4.90 Å². The molecule has 0 aromatic carbocycles. The lowest BCUT2D eigenvalue weighted by atomic mass is 9.98. The van der Waals surface area contributed by atoms with Gasteiger partial charge < -0.3 is 10.6 Å². The summed E-state index contributed by atoms with van der Waals surface area (Å²) in [6, 6.07) is 0.404. The van der Waals surface area contributed by atoms with Crippen LogP contribution in [0.4, 0.5) is 0 Å². The van der Waals surface area contributed by atoms with Crippen LogP contribution in [0.1, 0.15) is 39.5 Å². The Labute approximate surface area is 88.8 Å². The van der Waals surface area contributed by atoms with Gasteiger partial charge in [-0.05, 0) is 31.7 Å². The maximum atomic E-state index is 6.21. The van der Waals surface area contributed by atoms with Crippen molar-refractivity contribution >= 4 is 0 Å². The summed E-state index contributed by atoms with van der Waals surface area (Å²) in [6.45, 7) is 6.76. The third kappa shape index (κ3) is 3.97. The Kier molecular flexibility index (Phi) is 4.90. The first kappa shape index (κ1) is 12.0. The number of rotatable bonds is 5. The van der Waals surface area contributed by atoms with Crippen LogP contribution in [-0.2, 0) is 0 Å². The second-order valence-electron chi connectivity index (χ2n) is 5.32. The van der Waals surface area contributed by atoms with Crippen molar-refractivity contribution in [3.05, 3.63) is 0 Å². The molecule has 0 spiro atoms. The third-order valence-electron chi connectivity index (χ3n) is 3.20. The van der Waals surface area contributed by atoms with Crippen molar-refractivity contribution in [2.45, 2.75) is 45.6 Å². The Morgan fingerprint density at radius 3 is 2.29 bits per heavy atom. The normalized spacial score (nSPS) is 21.0. The predicted molar refractivity (Wildman–Crippen MR) is 62.3 cm³/mol. The van der Waals surface area contributed by atoms with Crippen molar-refractivity contribution in [2.24, 2.45) is 17.6 Å². The van der Waals surface area contributed by atoms with Gasteiger partial charge >= 0.3 is 0 Å². The van der Waals surface area contributed by atoms with Crippen LogP contribution in [0.5, 0.6) is 0 Å². The molecule has 1 aliphatic carbocycles. The highest BCUT2D eigenvalue weighted by Crippen LogP contribution is 2.27. The van der Waals surface area contributed by atoms with Gasteiger partial charge in [-0.3, -0.25) is 0 Å². The Morgan fingerprint density at radius 1 is 1.21 bits per heavy atom. The molecule has 1 rings (SSSR count). The molecule has 1 fully saturated rings. The minimum Gasteiger partial charge on any atom is -0.326 e. The Bertz CT molecular complexity index is 150. The van der Waals surface area contributed by atoms with Gasteiger partial charge in [0.1, 0.15) is 0 Å². The lowest BCUT2D eigenvalue weighted by molar-refractivity contribution is 0.248. The van der Waals surface area contributed by atoms with E-state index in [1.165, 1.54) is 32.2 Å². The molecule has 2 nitrogen and oxygen atoms in total. The van der Waals surface area contributed by atoms with Gasteiger partial charge in [0.15, 0.2) is 0 Å². The molecule has 0 heterocycles. The minimum absolute atomic E-state index is 0.404. The van der Waals surface area contributed by atoms with Crippen LogP contribution >= 0.6 is 0 Å². The molecule has 0 bridgehead atoms. The van der Waals surface area contributed by atoms with Gasteiger partial charge in [-0.15, -0.1) is 0 Å². The SMILES string of the molecule is CC(C)CN(C)CC(N)C1CCCC1. The van der Waals surface area contributed by atoms with Crippen LogP contribution in [0.25, 0.3) is 0 Å². The number of hydrogen-bond donors (Lipinski definition) is 1. The highest BCUT2D eigenvalue weighted by atomic mass is 15.1. The van der Waals surface area contributed by atoms with E-state index in [0.717, 1.165) is 18.4 Å². The molecule has 14 heavy (non-hydrogen) atoms. The van der Waals surface area contributed by atoms with E-state index >= 15 is 0 Å². The first-order valence-corrected chi connectivity index (χ1v) is 6.03. The molecule has 1 saturated carbocycles. The van der Waals surface area contributed by atoms with Crippen molar-refractivity contribution in [2.75, 3.05) is 20.1 Å². The maximum Gasteiger partial charge on any atom is 0.0196 e. The fraction of sp³-hybridized carbons (Fsp3) is 1.00. The molecular weight excluding hydrogens is 172 g/mol. The molecule has 0 radical (unpaired) electrons. The number of nitrogens with two attached hydrogens (primary N) is 1. The standard InChI is InChI=1S/C12H26N2/c1-10(2)8-14(3)9-12(13)11-6-4-5-7-11/h10-12H,4-9,13H2,1-3H3. The lowest BCUT2D eigenvalue weighted by Gasteiger charge is -2.26. The quantitative estimate of drug-likeness (QED) is 0.733. The van der Waals surface area contributed by atoms with Crippen molar-refractivity contribution in [3.8, 4) is 0 Å². The highest BCUT2D eigenvalue weighted by molar-refractivity contribution is 4.80. The first-order valence-electron chi connectivity index (χ1n) is 6.03. The van der Waals surface area contributed by atoms with Crippen LogP contribution < -0.4 is 5.73 Å². The van der Waals surface area contributed by atoms with Crippen molar-refractivity contribution in [1.29, 1.82) is 0 Å². The number of hydrogen-bond acceptors (Lipinski definition) is 2. The Hall–Kier alpha value is -0.0800. The highest BCUT2D eigenvalue weighted by Gasteiger charge is 2.22. The van der Waals surface area contributed by atoms with E-state index in [0.29, 0.717) is 6.04 Å². The number of likely N-dealkylation sites (N-methyl/N-ethyl adjacent to an activating group) is 1. The summed E-state index contributed by atoms with van der Waals surface area (Å²) in [6.07, 6.45) is 5.51. The zero-order chi connectivity index (χ0) is 10.6. The second-order valence-corrected chi connectivity index (χ2v) is 5.32. The molecule has 0 aliphatic heterocycles. The van der Waals surface area contributed by atoms with Gasteiger partial charge in [-0.1, -0.05) is 26.7 Å². The summed E-state index contributed by atoms with van der Waals surface area (Å²) in [5, 5.41) is 0. The van der Waals surface area contributed by atoms with Crippen LogP contribution in [0.2, 0.25) is 0 Å². The van der Waals surface area contributed by atoms with E-state index in [-0.39, 0.29) is 0 Å². The molecule has 0 saturated heterocycles. The van der Waals surface area contributed by atoms with E-state index in [4.69, 9.17) is 5.73 Å². The molecule has 0 amide bonds. The van der Waals surface area contributed by atoms with Gasteiger partial charge in [0.2, 0.25) is 0 Å². The van der Waals surface area contributed by atoms with Crippen LogP contribution in [0.15, 0.2) is 0 Å². The molecule has 1 aliphatic rings. The lowest BCUT2D eigenvalue weighted by Crippen LogP contribution is -2.41. The minimum atomic E-state index is 0.404. The Morgan fingerprint density at radius 2 is 1.79 bits per heavy atom. The van der Waals surface area contributed by atoms with Crippen LogP contribution in [0.3, 0.4) is 0 Å². The van der Waals surface area contributed by atoms with Crippen molar-refractivity contribution in [3.63, 3.8) is 0 Å². The summed E-state index contributed by atoms with van der Waals surface area (Å²) < 4.78 is 0. The second kappa shape index (κ2) is 5.72. The molecule has 0 aromatic rings. The van der Waals surface area contributed by atoms with Crippen LogP contribution in [0, 0.1) is 11.8 Å². The molecule has 1 unspecified atom stereocenters. The molecular formula is C12H26N2. The zero-order valence-corrected chi connectivity index (χ0v) is 10.00. The van der Waals surface area contributed by atoms with E-state index < -0.39 is 0 Å². The summed E-state index contributed by atoms with van der Waals surface area (Å²) >= 11 is 0. The molecule has 1 atom stereocenters. The molecule has 84 valence electrons. The summed E-state index contributed by atoms with van der Waals surface area (Å²) in [4.78, 5) is 2.38. The maximum absolute atomic E-state index is 6.21. The van der Waals surface area contributed by atoms with Gasteiger partial charge in [-0.25, -0.2) is 0 Å². The van der Waals surface area contributed by atoms with Crippen LogP contribution in [-0.4, -0.2) is 31.1 Å². The summed E-state index contributed by atoms with van der Waals surface area (Å²) in [7, 11) is 2.19. The summed E-state index contributed by atoms with van der Waals surface area (Å²) in [5.74, 6) is 1.54. The Balaban J connectivity index is 2.21. The topological polar surface area (TPSA) is 29.3 Å². The largest absolute Gasteiger partial charge is 0.326 e. The average Bonchev–Trinajstić information content (AvgIpc) is 2.53. The fourth-order valence-electron chi connectivity index (χ4n) is 2.59. The van der Waals surface area contributed by atoms with E-state index in [9.17, 15) is 0 Å². The number of nitrogens with zero attached hydrogens (tertiary/aromatic N) is 1. The predicted octanol–water partition coefficient (Wildman–Crippen LogP) is 2.09. The van der Waals surface area contributed by atoms with Gasteiger partial charge in [0.25, 0.3) is 0 Å². The summed E-state index contributed by atoms with van der Waals surface area (Å²) in [5.41, 5.74) is 6.21. The van der Waals surface area contributed by atoms with E-state index in [1.54, 1.807) is 0 Å². The van der Waals surface area contributed by atoms with Gasteiger partial charge in [0.05, 0.1) is 0 Å². The molecule has 0 aromatic heterocycles. The average molecular weight is 198 g/mol. The van der Waals surface area contributed by atoms with Gasteiger partial charge in [-0.2, -0.15) is 0 Å². The van der Waals surface area contributed by atoms with Crippen molar-refractivity contribution < 1.29 is 0 Å². The first-order chi connectivity index (χ1) is 6.59. The monoisotopic (exact) mass is 198 g/mol. The fourth-order valence-corrected chi connectivity index (χ4v) is 2.59. The smallest absolute Gasteiger partial charge is 0.0196 e.